The van der Waals surface area contributed by atoms with Gasteiger partial charge in [-0.05, 0) is 30.5 Å². The zero-order valence-corrected chi connectivity index (χ0v) is 18.9. The maximum atomic E-state index is 12.9. The van der Waals surface area contributed by atoms with Crippen LogP contribution in [0.5, 0.6) is 5.75 Å². The van der Waals surface area contributed by atoms with Gasteiger partial charge in [-0.25, -0.2) is 4.79 Å². The second-order valence-electron chi connectivity index (χ2n) is 9.36. The summed E-state index contributed by atoms with van der Waals surface area (Å²) in [5.74, 6) is -1.73. The monoisotopic (exact) mass is 478 g/mol. The van der Waals surface area contributed by atoms with Gasteiger partial charge in [0, 0.05) is 25.3 Å². The minimum absolute atomic E-state index is 0.0119. The van der Waals surface area contributed by atoms with Crippen LogP contribution < -0.4 is 21.7 Å². The minimum Gasteiger partial charge on any atom is -0.508 e. The second-order valence-corrected chi connectivity index (χ2v) is 9.36. The number of nitrogens with one attached hydrogen (secondary N) is 3. The number of rotatable bonds is 7. The van der Waals surface area contributed by atoms with Crippen molar-refractivity contribution in [2.45, 2.75) is 87.3 Å². The number of nitrogens with two attached hydrogens (primary N) is 1. The second kappa shape index (κ2) is 11.0. The lowest BCUT2D eigenvalue weighted by Gasteiger charge is -2.42. The van der Waals surface area contributed by atoms with Crippen LogP contribution in [-0.4, -0.2) is 74.2 Å². The van der Waals surface area contributed by atoms with Crippen molar-refractivity contribution in [2.24, 2.45) is 5.73 Å². The molecule has 4 amide bonds. The van der Waals surface area contributed by atoms with Crippen LogP contribution in [0.1, 0.15) is 50.5 Å². The molecule has 0 heterocycles. The third-order valence-corrected chi connectivity index (χ3v) is 6.62. The van der Waals surface area contributed by atoms with Gasteiger partial charge in [0.15, 0.2) is 0 Å². The van der Waals surface area contributed by atoms with Crippen LogP contribution in [0.25, 0.3) is 0 Å². The van der Waals surface area contributed by atoms with Crippen LogP contribution in [0.4, 0.5) is 4.79 Å². The quantitative estimate of drug-likeness (QED) is 0.250. The average Bonchev–Trinajstić information content (AvgIpc) is 2.78. The SMILES string of the molecule is NC(=O)[C@H](Cc1ccc(O)cc1)NC(=O)[C@]1(O)C[C@@H](O)[C@H](O)[C@@H](NC(=O)NC2CCCCC2)C1. The Hall–Kier alpha value is -2.89. The molecule has 2 saturated carbocycles. The molecule has 0 radical (unpaired) electrons. The van der Waals surface area contributed by atoms with Gasteiger partial charge in [-0.2, -0.15) is 0 Å². The van der Waals surface area contributed by atoms with E-state index in [9.17, 15) is 34.8 Å². The van der Waals surface area contributed by atoms with Gasteiger partial charge in [0.05, 0.1) is 12.1 Å². The molecule has 0 aliphatic heterocycles. The number of aliphatic hydroxyl groups excluding tert-OH is 2. The minimum atomic E-state index is -2.15. The summed E-state index contributed by atoms with van der Waals surface area (Å²) in [5, 5.41) is 48.9. The largest absolute Gasteiger partial charge is 0.508 e. The molecule has 34 heavy (non-hydrogen) atoms. The van der Waals surface area contributed by atoms with E-state index in [1.54, 1.807) is 12.1 Å². The highest BCUT2D eigenvalue weighted by molar-refractivity contribution is 5.91. The Kier molecular flexibility index (Phi) is 8.34. The number of hydrogen-bond donors (Lipinski definition) is 8. The van der Waals surface area contributed by atoms with Gasteiger partial charge in [-0.3, -0.25) is 9.59 Å². The Morgan fingerprint density at radius 2 is 1.68 bits per heavy atom. The lowest BCUT2D eigenvalue weighted by Crippen LogP contribution is -2.65. The molecule has 5 atom stereocenters. The van der Waals surface area contributed by atoms with Crippen LogP contribution in [0.2, 0.25) is 0 Å². The van der Waals surface area contributed by atoms with Crippen molar-refractivity contribution >= 4 is 17.8 Å². The lowest BCUT2D eigenvalue weighted by atomic mass is 9.77. The first-order valence-corrected chi connectivity index (χ1v) is 11.6. The fourth-order valence-electron chi connectivity index (χ4n) is 4.65. The molecule has 1 aromatic rings. The van der Waals surface area contributed by atoms with Crippen molar-refractivity contribution in [1.29, 1.82) is 0 Å². The number of carbonyl (C=O) groups is 3. The molecule has 2 fully saturated rings. The predicted molar refractivity (Wildman–Crippen MR) is 121 cm³/mol. The Labute approximate surface area is 197 Å². The van der Waals surface area contributed by atoms with Crippen molar-refractivity contribution in [1.82, 2.24) is 16.0 Å². The number of hydrogen-bond acceptors (Lipinski definition) is 7. The maximum Gasteiger partial charge on any atom is 0.315 e. The van der Waals surface area contributed by atoms with E-state index in [-0.39, 0.29) is 24.6 Å². The number of aromatic hydroxyl groups is 1. The number of phenols is 1. The third kappa shape index (κ3) is 6.58. The number of urea groups is 1. The van der Waals surface area contributed by atoms with E-state index in [2.05, 4.69) is 16.0 Å². The number of primary amides is 1. The van der Waals surface area contributed by atoms with Crippen molar-refractivity contribution in [3.63, 3.8) is 0 Å². The molecule has 9 N–H and O–H groups in total. The molecule has 0 bridgehead atoms. The summed E-state index contributed by atoms with van der Waals surface area (Å²) in [6.45, 7) is 0. The van der Waals surface area contributed by atoms with Crippen molar-refractivity contribution in [3.05, 3.63) is 29.8 Å². The highest BCUT2D eigenvalue weighted by Gasteiger charge is 2.49. The summed E-state index contributed by atoms with van der Waals surface area (Å²) in [6.07, 6.45) is 1.18. The van der Waals surface area contributed by atoms with Gasteiger partial charge < -0.3 is 42.1 Å². The maximum absolute atomic E-state index is 12.9. The normalized spacial score (nSPS) is 28.5. The topological polar surface area (TPSA) is 194 Å². The summed E-state index contributed by atoms with van der Waals surface area (Å²) in [4.78, 5) is 37.3. The van der Waals surface area contributed by atoms with E-state index < -0.39 is 54.2 Å². The predicted octanol–water partition coefficient (Wildman–Crippen LogP) is -0.848. The Morgan fingerprint density at radius 3 is 2.29 bits per heavy atom. The molecule has 1 aromatic carbocycles. The summed E-state index contributed by atoms with van der Waals surface area (Å²) in [5.41, 5.74) is 3.90. The highest BCUT2D eigenvalue weighted by atomic mass is 16.3. The summed E-state index contributed by atoms with van der Waals surface area (Å²) in [7, 11) is 0. The van der Waals surface area contributed by atoms with Crippen molar-refractivity contribution < 1.29 is 34.8 Å². The standard InChI is InChI=1S/C23H34N4O7/c24-20(31)16(10-13-6-8-15(28)9-7-13)26-21(32)23(34)11-17(19(30)18(29)12-23)27-22(33)25-14-4-2-1-3-5-14/h6-9,14,16-19,28-30,34H,1-5,10-12H2,(H2,24,31)(H,26,32)(H2,25,27,33)/t16-,17-,18+,19+,23+/m0/s1. The summed E-state index contributed by atoms with van der Waals surface area (Å²) >= 11 is 0. The average molecular weight is 479 g/mol. The fourth-order valence-corrected chi connectivity index (χ4v) is 4.65. The van der Waals surface area contributed by atoms with Crippen molar-refractivity contribution in [3.8, 4) is 5.75 Å². The molecule has 3 rings (SSSR count). The zero-order chi connectivity index (χ0) is 24.9. The van der Waals surface area contributed by atoms with E-state index in [4.69, 9.17) is 5.73 Å². The van der Waals surface area contributed by atoms with E-state index in [0.29, 0.717) is 5.56 Å². The number of aliphatic hydroxyl groups is 3. The molecule has 2 aliphatic carbocycles. The first-order valence-electron chi connectivity index (χ1n) is 11.6. The number of carbonyl (C=O) groups excluding carboxylic acids is 3. The van der Waals surface area contributed by atoms with E-state index >= 15 is 0 Å². The van der Waals surface area contributed by atoms with Gasteiger partial charge in [0.25, 0.3) is 5.91 Å². The lowest BCUT2D eigenvalue weighted by molar-refractivity contribution is -0.158. The van der Waals surface area contributed by atoms with Crippen molar-refractivity contribution in [2.75, 3.05) is 0 Å². The van der Waals surface area contributed by atoms with Crippen LogP contribution in [0.3, 0.4) is 0 Å². The first-order chi connectivity index (χ1) is 16.1. The fraction of sp³-hybridized carbons (Fsp3) is 0.609. The molecular formula is C23H34N4O7. The molecule has 188 valence electrons. The van der Waals surface area contributed by atoms with Crippen LogP contribution >= 0.6 is 0 Å². The number of phenolic OH excluding ortho intramolecular Hbond substituents is 1. The molecule has 11 nitrogen and oxygen atoms in total. The van der Waals surface area contributed by atoms with E-state index in [1.807, 2.05) is 0 Å². The van der Waals surface area contributed by atoms with Gasteiger partial charge in [-0.15, -0.1) is 0 Å². The molecule has 0 unspecified atom stereocenters. The number of benzene rings is 1. The molecule has 0 saturated heterocycles. The third-order valence-electron chi connectivity index (χ3n) is 6.62. The molecule has 2 aliphatic rings. The van der Waals surface area contributed by atoms with Crippen LogP contribution in [0, 0.1) is 0 Å². The van der Waals surface area contributed by atoms with Crippen LogP contribution in [0.15, 0.2) is 24.3 Å². The van der Waals surface area contributed by atoms with Gasteiger partial charge >= 0.3 is 6.03 Å². The van der Waals surface area contributed by atoms with Gasteiger partial charge in [0.1, 0.15) is 23.5 Å². The van der Waals surface area contributed by atoms with Crippen LogP contribution in [-0.2, 0) is 16.0 Å². The highest BCUT2D eigenvalue weighted by Crippen LogP contribution is 2.30. The van der Waals surface area contributed by atoms with Gasteiger partial charge in [0.2, 0.25) is 5.91 Å². The number of amides is 4. The zero-order valence-electron chi connectivity index (χ0n) is 18.9. The summed E-state index contributed by atoms with van der Waals surface area (Å²) < 4.78 is 0. The Morgan fingerprint density at radius 1 is 1.03 bits per heavy atom. The first kappa shape index (κ1) is 25.7. The Bertz CT molecular complexity index is 875. The molecular weight excluding hydrogens is 444 g/mol. The van der Waals surface area contributed by atoms with E-state index in [0.717, 1.165) is 32.1 Å². The molecule has 11 heteroatoms. The smallest absolute Gasteiger partial charge is 0.315 e. The summed E-state index contributed by atoms with van der Waals surface area (Å²) in [6, 6.07) is 3.20. The molecule has 0 spiro atoms. The van der Waals surface area contributed by atoms with Gasteiger partial charge in [-0.1, -0.05) is 31.4 Å². The van der Waals surface area contributed by atoms with E-state index in [1.165, 1.54) is 12.1 Å². The Balaban J connectivity index is 1.64. The molecule has 0 aromatic heterocycles.